The van der Waals surface area contributed by atoms with Crippen molar-refractivity contribution in [3.63, 3.8) is 0 Å². The van der Waals surface area contributed by atoms with Crippen molar-refractivity contribution >= 4 is 28.9 Å². The molecule has 6 nitrogen and oxygen atoms in total. The van der Waals surface area contributed by atoms with Crippen LogP contribution < -0.4 is 0 Å². The molecule has 0 saturated carbocycles. The van der Waals surface area contributed by atoms with Crippen LogP contribution in [-0.4, -0.2) is 41.0 Å². The molecule has 29 heavy (non-hydrogen) atoms. The minimum absolute atomic E-state index is 0.148. The molecule has 0 bridgehead atoms. The van der Waals surface area contributed by atoms with Crippen molar-refractivity contribution in [3.8, 4) is 0 Å². The average molecular weight is 411 g/mol. The number of hydrazone groups is 1. The monoisotopic (exact) mass is 411 g/mol. The smallest absolute Gasteiger partial charge is 0.289 e. The van der Waals surface area contributed by atoms with Crippen LogP contribution >= 0.6 is 11.3 Å². The Kier molecular flexibility index (Phi) is 5.26. The number of carbonyl (C=O) groups excluding carboxylic acids is 2. The zero-order chi connectivity index (χ0) is 20.4. The van der Waals surface area contributed by atoms with E-state index in [0.29, 0.717) is 12.0 Å². The number of likely N-dealkylation sites (N-methyl/N-ethyl adjacent to an activating group) is 1. The number of halogens is 1. The Labute approximate surface area is 170 Å². The van der Waals surface area contributed by atoms with Gasteiger partial charge in [-0.25, -0.2) is 9.40 Å². The van der Waals surface area contributed by atoms with Crippen molar-refractivity contribution < 1.29 is 18.4 Å². The van der Waals surface area contributed by atoms with Crippen molar-refractivity contribution in [2.24, 2.45) is 5.10 Å². The Morgan fingerprint density at radius 3 is 2.76 bits per heavy atom. The average Bonchev–Trinajstić information content (AvgIpc) is 3.48. The van der Waals surface area contributed by atoms with Crippen LogP contribution in [0.1, 0.15) is 33.5 Å². The van der Waals surface area contributed by atoms with E-state index in [0.717, 1.165) is 10.6 Å². The summed E-state index contributed by atoms with van der Waals surface area (Å²) in [6.45, 7) is -0.203. The van der Waals surface area contributed by atoms with Gasteiger partial charge in [0.05, 0.1) is 22.9 Å². The number of furan rings is 1. The van der Waals surface area contributed by atoms with Gasteiger partial charge in [0.25, 0.3) is 11.8 Å². The number of carbonyl (C=O) groups is 2. The van der Waals surface area contributed by atoms with E-state index >= 15 is 0 Å². The van der Waals surface area contributed by atoms with Gasteiger partial charge >= 0.3 is 0 Å². The Balaban J connectivity index is 1.59. The van der Waals surface area contributed by atoms with Gasteiger partial charge in [-0.2, -0.15) is 5.10 Å². The summed E-state index contributed by atoms with van der Waals surface area (Å²) in [4.78, 5) is 27.6. The van der Waals surface area contributed by atoms with Crippen molar-refractivity contribution in [1.82, 2.24) is 9.91 Å². The number of benzene rings is 1. The third kappa shape index (κ3) is 3.84. The van der Waals surface area contributed by atoms with Crippen LogP contribution in [0.4, 0.5) is 4.39 Å². The van der Waals surface area contributed by atoms with Gasteiger partial charge in [0.2, 0.25) is 0 Å². The van der Waals surface area contributed by atoms with Crippen molar-refractivity contribution in [1.29, 1.82) is 0 Å². The molecule has 1 atom stereocenters. The molecular formula is C21H18FN3O3S. The number of rotatable bonds is 5. The second kappa shape index (κ2) is 8.00. The third-order valence-corrected chi connectivity index (χ3v) is 5.61. The highest BCUT2D eigenvalue weighted by Gasteiger charge is 2.35. The fourth-order valence-electron chi connectivity index (χ4n) is 3.25. The van der Waals surface area contributed by atoms with Gasteiger partial charge in [0.15, 0.2) is 5.76 Å². The van der Waals surface area contributed by atoms with E-state index in [9.17, 15) is 14.0 Å². The highest BCUT2D eigenvalue weighted by molar-refractivity contribution is 7.12. The molecular weight excluding hydrogens is 393 g/mol. The largest absolute Gasteiger partial charge is 0.459 e. The summed E-state index contributed by atoms with van der Waals surface area (Å²) in [5.41, 5.74) is 1.12. The summed E-state index contributed by atoms with van der Waals surface area (Å²) in [6, 6.07) is 12.8. The number of hydrogen-bond acceptors (Lipinski definition) is 5. The van der Waals surface area contributed by atoms with Crippen LogP contribution in [0.15, 0.2) is 69.7 Å². The molecule has 0 radical (unpaired) electrons. The molecule has 2 aromatic heterocycles. The second-order valence-corrected chi connectivity index (χ2v) is 7.59. The van der Waals surface area contributed by atoms with Gasteiger partial charge in [-0.1, -0.05) is 24.3 Å². The van der Waals surface area contributed by atoms with E-state index in [1.54, 1.807) is 24.3 Å². The predicted molar refractivity (Wildman–Crippen MR) is 107 cm³/mol. The zero-order valence-corrected chi connectivity index (χ0v) is 16.4. The Bertz CT molecular complexity index is 1050. The quantitative estimate of drug-likeness (QED) is 0.639. The van der Waals surface area contributed by atoms with Gasteiger partial charge in [-0.3, -0.25) is 9.59 Å². The highest BCUT2D eigenvalue weighted by Crippen LogP contribution is 2.35. The maximum atomic E-state index is 14.5. The van der Waals surface area contributed by atoms with Crippen molar-refractivity contribution in [2.45, 2.75) is 12.5 Å². The van der Waals surface area contributed by atoms with Crippen molar-refractivity contribution in [3.05, 3.63) is 82.2 Å². The number of thiophene rings is 1. The lowest BCUT2D eigenvalue weighted by molar-refractivity contribution is -0.133. The molecule has 0 aliphatic carbocycles. The predicted octanol–water partition coefficient (Wildman–Crippen LogP) is 3.93. The van der Waals surface area contributed by atoms with Gasteiger partial charge in [0, 0.05) is 19.0 Å². The van der Waals surface area contributed by atoms with Crippen LogP contribution in [0.3, 0.4) is 0 Å². The molecule has 1 aromatic carbocycles. The molecule has 0 spiro atoms. The molecule has 148 valence electrons. The SMILES string of the molecule is CN(CC(=O)N1N=C(c2cccs2)CC1c1ccccc1F)C(=O)c1ccco1. The molecule has 1 aliphatic rings. The first-order chi connectivity index (χ1) is 14.0. The van der Waals surface area contributed by atoms with Crippen LogP contribution in [0.25, 0.3) is 0 Å². The summed E-state index contributed by atoms with van der Waals surface area (Å²) < 4.78 is 19.6. The summed E-state index contributed by atoms with van der Waals surface area (Å²) in [5.74, 6) is -1.05. The lowest BCUT2D eigenvalue weighted by Gasteiger charge is -2.24. The lowest BCUT2D eigenvalue weighted by atomic mass is 10.0. The topological polar surface area (TPSA) is 66.1 Å². The first-order valence-corrected chi connectivity index (χ1v) is 9.89. The summed E-state index contributed by atoms with van der Waals surface area (Å²) in [5, 5.41) is 7.71. The van der Waals surface area contributed by atoms with Gasteiger partial charge in [0.1, 0.15) is 12.4 Å². The maximum absolute atomic E-state index is 14.5. The van der Waals surface area contributed by atoms with Gasteiger partial charge in [-0.15, -0.1) is 11.3 Å². The molecule has 0 saturated heterocycles. The zero-order valence-electron chi connectivity index (χ0n) is 15.6. The van der Waals surface area contributed by atoms with Gasteiger partial charge < -0.3 is 9.32 Å². The molecule has 4 rings (SSSR count). The normalized spacial score (nSPS) is 16.0. The maximum Gasteiger partial charge on any atom is 0.289 e. The summed E-state index contributed by atoms with van der Waals surface area (Å²) in [7, 11) is 1.51. The van der Waals surface area contributed by atoms with E-state index < -0.39 is 23.7 Å². The first-order valence-electron chi connectivity index (χ1n) is 9.01. The van der Waals surface area contributed by atoms with Crippen LogP contribution in [0, 0.1) is 5.82 Å². The molecule has 8 heteroatoms. The minimum atomic E-state index is -0.562. The van der Waals surface area contributed by atoms with Crippen molar-refractivity contribution in [2.75, 3.05) is 13.6 Å². The Hall–Kier alpha value is -3.26. The fraction of sp³-hybridized carbons (Fsp3) is 0.190. The lowest BCUT2D eigenvalue weighted by Crippen LogP contribution is -2.39. The van der Waals surface area contributed by atoms with Crippen LogP contribution in [-0.2, 0) is 4.79 Å². The Morgan fingerprint density at radius 2 is 2.07 bits per heavy atom. The van der Waals surface area contributed by atoms with E-state index in [-0.39, 0.29) is 12.3 Å². The Morgan fingerprint density at radius 1 is 1.24 bits per heavy atom. The summed E-state index contributed by atoms with van der Waals surface area (Å²) in [6.07, 6.45) is 1.80. The fourth-order valence-corrected chi connectivity index (χ4v) is 3.98. The van der Waals surface area contributed by atoms with Crippen LogP contribution in [0.5, 0.6) is 0 Å². The molecule has 3 heterocycles. The first kappa shape index (κ1) is 19.1. The summed E-state index contributed by atoms with van der Waals surface area (Å²) >= 11 is 1.51. The van der Waals surface area contributed by atoms with E-state index in [1.165, 1.54) is 46.7 Å². The number of nitrogens with zero attached hydrogens (tertiary/aromatic N) is 3. The minimum Gasteiger partial charge on any atom is -0.459 e. The molecule has 3 aromatic rings. The van der Waals surface area contributed by atoms with E-state index in [1.807, 2.05) is 17.5 Å². The van der Waals surface area contributed by atoms with Gasteiger partial charge in [-0.05, 0) is 29.6 Å². The number of hydrogen-bond donors (Lipinski definition) is 0. The highest BCUT2D eigenvalue weighted by atomic mass is 32.1. The van der Waals surface area contributed by atoms with E-state index in [4.69, 9.17) is 4.42 Å². The van der Waals surface area contributed by atoms with Crippen LogP contribution in [0.2, 0.25) is 0 Å². The number of amides is 2. The third-order valence-electron chi connectivity index (χ3n) is 4.69. The molecule has 1 aliphatic heterocycles. The van der Waals surface area contributed by atoms with E-state index in [2.05, 4.69) is 5.10 Å². The molecule has 1 unspecified atom stereocenters. The molecule has 0 fully saturated rings. The molecule has 0 N–H and O–H groups in total. The second-order valence-electron chi connectivity index (χ2n) is 6.64. The standard InChI is InChI=1S/C21H18FN3O3S/c1-24(21(27)18-8-4-10-28-18)13-20(26)25-17(14-6-2-3-7-15(14)22)12-16(23-25)19-9-5-11-29-19/h2-11,17H,12-13H2,1H3. The molecule has 2 amide bonds.